The molecule has 2 amide bonds. The smallest absolute Gasteiger partial charge is 0.246 e. The van der Waals surface area contributed by atoms with Crippen molar-refractivity contribution in [2.45, 2.75) is 25.4 Å². The van der Waals surface area contributed by atoms with E-state index in [1.807, 2.05) is 18.2 Å². The maximum absolute atomic E-state index is 12.4. The number of piperazine rings is 1. The number of carbonyl (C=O) groups excluding carboxylic acids is 2. The van der Waals surface area contributed by atoms with Crippen LogP contribution in [-0.2, 0) is 16.1 Å². The molecule has 4 nitrogen and oxygen atoms in total. The molecule has 3 rings (SSSR count). The fourth-order valence-corrected chi connectivity index (χ4v) is 3.03. The van der Waals surface area contributed by atoms with E-state index in [0.717, 1.165) is 24.9 Å². The third kappa shape index (κ3) is 2.21. The zero-order valence-corrected chi connectivity index (χ0v) is 11.3. The lowest BCUT2D eigenvalue weighted by molar-refractivity contribution is -0.154. The first kappa shape index (κ1) is 12.5. The molecule has 2 aliphatic heterocycles. The Morgan fingerprint density at radius 1 is 1.26 bits per heavy atom. The molecule has 0 radical (unpaired) electrons. The molecule has 1 aromatic rings. The van der Waals surface area contributed by atoms with Gasteiger partial charge in [0.05, 0.1) is 0 Å². The van der Waals surface area contributed by atoms with E-state index in [-0.39, 0.29) is 24.4 Å². The lowest BCUT2D eigenvalue weighted by atomic mass is 10.1. The van der Waals surface area contributed by atoms with Crippen molar-refractivity contribution in [3.05, 3.63) is 34.9 Å². The number of hydrogen-bond donors (Lipinski definition) is 0. The third-order valence-electron chi connectivity index (χ3n) is 3.82. The highest BCUT2D eigenvalue weighted by Gasteiger charge is 2.41. The van der Waals surface area contributed by atoms with E-state index < -0.39 is 0 Å². The van der Waals surface area contributed by atoms with Crippen molar-refractivity contribution in [1.29, 1.82) is 0 Å². The Hall–Kier alpha value is -1.55. The number of amides is 2. The molecular formula is C14H15ClN2O2. The van der Waals surface area contributed by atoms with Gasteiger partial charge in [-0.05, 0) is 24.5 Å². The van der Waals surface area contributed by atoms with Gasteiger partial charge in [-0.3, -0.25) is 9.59 Å². The highest BCUT2D eigenvalue weighted by molar-refractivity contribution is 6.31. The lowest BCUT2D eigenvalue weighted by Crippen LogP contribution is -2.56. The van der Waals surface area contributed by atoms with Crippen molar-refractivity contribution < 1.29 is 9.59 Å². The topological polar surface area (TPSA) is 40.6 Å². The van der Waals surface area contributed by atoms with E-state index in [1.165, 1.54) is 0 Å². The predicted octanol–water partition coefficient (Wildman–Crippen LogP) is 1.67. The van der Waals surface area contributed by atoms with Crippen molar-refractivity contribution in [3.63, 3.8) is 0 Å². The van der Waals surface area contributed by atoms with Crippen LogP contribution in [0.1, 0.15) is 18.4 Å². The fraction of sp³-hybridized carbons (Fsp3) is 0.429. The van der Waals surface area contributed by atoms with Gasteiger partial charge in [0, 0.05) is 18.1 Å². The highest BCUT2D eigenvalue weighted by Crippen LogP contribution is 2.26. The van der Waals surface area contributed by atoms with Crippen LogP contribution in [-0.4, -0.2) is 40.7 Å². The third-order valence-corrected chi connectivity index (χ3v) is 4.18. The SMILES string of the molecule is O=C1[C@H]2CCCN2C(=O)CN1Cc1ccccc1Cl. The van der Waals surface area contributed by atoms with Crippen molar-refractivity contribution in [3.8, 4) is 0 Å². The first-order valence-corrected chi connectivity index (χ1v) is 6.86. The van der Waals surface area contributed by atoms with Crippen LogP contribution in [0.15, 0.2) is 24.3 Å². The van der Waals surface area contributed by atoms with E-state index in [0.29, 0.717) is 11.6 Å². The van der Waals surface area contributed by atoms with E-state index in [4.69, 9.17) is 11.6 Å². The molecule has 5 heteroatoms. The molecule has 2 aliphatic rings. The molecular weight excluding hydrogens is 264 g/mol. The molecule has 100 valence electrons. The Kier molecular flexibility index (Phi) is 3.19. The summed E-state index contributed by atoms with van der Waals surface area (Å²) in [5, 5.41) is 0.636. The molecule has 2 fully saturated rings. The average Bonchev–Trinajstić information content (AvgIpc) is 2.88. The standard InChI is InChI=1S/C14H15ClN2O2/c15-11-5-2-1-4-10(11)8-16-9-13(18)17-7-3-6-12(17)14(16)19/h1-2,4-5,12H,3,6-9H2/t12-/m1/s1. The number of benzene rings is 1. The zero-order valence-electron chi connectivity index (χ0n) is 10.5. The fourth-order valence-electron chi connectivity index (χ4n) is 2.83. The van der Waals surface area contributed by atoms with Gasteiger partial charge in [0.2, 0.25) is 11.8 Å². The second-order valence-electron chi connectivity index (χ2n) is 5.03. The molecule has 19 heavy (non-hydrogen) atoms. The van der Waals surface area contributed by atoms with Crippen LogP contribution in [0.25, 0.3) is 0 Å². The van der Waals surface area contributed by atoms with Gasteiger partial charge in [0.1, 0.15) is 12.6 Å². The van der Waals surface area contributed by atoms with Crippen molar-refractivity contribution in [2.75, 3.05) is 13.1 Å². The van der Waals surface area contributed by atoms with Crippen molar-refractivity contribution >= 4 is 23.4 Å². The van der Waals surface area contributed by atoms with Crippen LogP contribution in [0.5, 0.6) is 0 Å². The van der Waals surface area contributed by atoms with Gasteiger partial charge in [0.15, 0.2) is 0 Å². The van der Waals surface area contributed by atoms with Crippen LogP contribution in [0.2, 0.25) is 5.02 Å². The molecule has 2 heterocycles. The lowest BCUT2D eigenvalue weighted by Gasteiger charge is -2.36. The maximum Gasteiger partial charge on any atom is 0.246 e. The molecule has 0 aliphatic carbocycles. The summed E-state index contributed by atoms with van der Waals surface area (Å²) < 4.78 is 0. The monoisotopic (exact) mass is 278 g/mol. The normalized spacial score (nSPS) is 22.9. The molecule has 0 saturated carbocycles. The Balaban J connectivity index is 1.80. The van der Waals surface area contributed by atoms with Gasteiger partial charge in [-0.15, -0.1) is 0 Å². The minimum atomic E-state index is -0.247. The van der Waals surface area contributed by atoms with Gasteiger partial charge in [-0.1, -0.05) is 29.8 Å². The Morgan fingerprint density at radius 3 is 2.84 bits per heavy atom. The molecule has 2 saturated heterocycles. The molecule has 0 bridgehead atoms. The summed E-state index contributed by atoms with van der Waals surface area (Å²) in [6.45, 7) is 1.30. The minimum absolute atomic E-state index is 0.0501. The number of fused-ring (bicyclic) bond motifs is 1. The Morgan fingerprint density at radius 2 is 2.05 bits per heavy atom. The molecule has 1 aromatic carbocycles. The molecule has 0 unspecified atom stereocenters. The van der Waals surface area contributed by atoms with E-state index in [9.17, 15) is 9.59 Å². The van der Waals surface area contributed by atoms with Crippen molar-refractivity contribution in [1.82, 2.24) is 9.80 Å². The van der Waals surface area contributed by atoms with Crippen LogP contribution in [0.3, 0.4) is 0 Å². The Labute approximate surface area is 116 Å². The summed E-state index contributed by atoms with van der Waals surface area (Å²) in [7, 11) is 0. The van der Waals surface area contributed by atoms with Gasteiger partial charge in [-0.25, -0.2) is 0 Å². The van der Waals surface area contributed by atoms with Crippen LogP contribution < -0.4 is 0 Å². The van der Waals surface area contributed by atoms with Gasteiger partial charge < -0.3 is 9.80 Å². The summed E-state index contributed by atoms with van der Waals surface area (Å²) in [5.74, 6) is 0.103. The minimum Gasteiger partial charge on any atom is -0.329 e. The van der Waals surface area contributed by atoms with E-state index in [1.54, 1.807) is 15.9 Å². The first-order chi connectivity index (χ1) is 9.16. The first-order valence-electron chi connectivity index (χ1n) is 6.48. The van der Waals surface area contributed by atoms with Gasteiger partial charge in [0.25, 0.3) is 0 Å². The number of rotatable bonds is 2. The number of hydrogen-bond acceptors (Lipinski definition) is 2. The summed E-state index contributed by atoms with van der Waals surface area (Å²) in [6, 6.07) is 7.19. The largest absolute Gasteiger partial charge is 0.329 e. The molecule has 0 N–H and O–H groups in total. The van der Waals surface area contributed by atoms with E-state index >= 15 is 0 Å². The summed E-state index contributed by atoms with van der Waals surface area (Å²) >= 11 is 6.11. The van der Waals surface area contributed by atoms with Crippen LogP contribution >= 0.6 is 11.6 Å². The summed E-state index contributed by atoms with van der Waals surface area (Å²) in [4.78, 5) is 27.7. The van der Waals surface area contributed by atoms with Crippen LogP contribution in [0, 0.1) is 0 Å². The molecule has 0 aromatic heterocycles. The second-order valence-corrected chi connectivity index (χ2v) is 5.44. The molecule has 1 atom stereocenters. The number of carbonyl (C=O) groups is 2. The highest BCUT2D eigenvalue weighted by atomic mass is 35.5. The Bertz CT molecular complexity index is 532. The van der Waals surface area contributed by atoms with Crippen molar-refractivity contribution in [2.24, 2.45) is 0 Å². The quantitative estimate of drug-likeness (QED) is 0.826. The number of halogens is 1. The number of nitrogens with zero attached hydrogens (tertiary/aromatic N) is 2. The van der Waals surface area contributed by atoms with Gasteiger partial charge >= 0.3 is 0 Å². The molecule has 0 spiro atoms. The maximum atomic E-state index is 12.4. The average molecular weight is 279 g/mol. The summed E-state index contributed by atoms with van der Waals surface area (Å²) in [6.07, 6.45) is 1.70. The second kappa shape index (κ2) is 4.85. The van der Waals surface area contributed by atoms with E-state index in [2.05, 4.69) is 0 Å². The van der Waals surface area contributed by atoms with Gasteiger partial charge in [-0.2, -0.15) is 0 Å². The summed E-state index contributed by atoms with van der Waals surface area (Å²) in [5.41, 5.74) is 0.886. The zero-order chi connectivity index (χ0) is 13.4. The van der Waals surface area contributed by atoms with Crippen LogP contribution in [0.4, 0.5) is 0 Å². The predicted molar refractivity (Wildman–Crippen MR) is 71.6 cm³/mol.